The monoisotopic (exact) mass is 311 g/mol. The van der Waals surface area contributed by atoms with Gasteiger partial charge in [0.25, 0.3) is 0 Å². The van der Waals surface area contributed by atoms with Gasteiger partial charge in [0.2, 0.25) is 0 Å². The maximum absolute atomic E-state index is 12.7. The second-order valence-electron chi connectivity index (χ2n) is 5.88. The van der Waals surface area contributed by atoms with Gasteiger partial charge < -0.3 is 4.90 Å². The molecule has 1 heterocycles. The van der Waals surface area contributed by atoms with Gasteiger partial charge in [0.1, 0.15) is 0 Å². The van der Waals surface area contributed by atoms with E-state index >= 15 is 0 Å². The average molecular weight is 311 g/mol. The highest BCUT2D eigenvalue weighted by Crippen LogP contribution is 2.43. The number of hydrogen-bond acceptors (Lipinski definition) is 2. The Hall–Kier alpha value is -3.13. The smallest absolute Gasteiger partial charge is 0.186 e. The number of ketones is 1. The summed E-state index contributed by atoms with van der Waals surface area (Å²) in [7, 11) is 2.06. The minimum absolute atomic E-state index is 0.0276. The Kier molecular flexibility index (Phi) is 3.51. The van der Waals surface area contributed by atoms with E-state index in [0.29, 0.717) is 5.56 Å². The number of rotatable bonds is 2. The maximum atomic E-state index is 12.7. The Balaban J connectivity index is 1.91. The molecule has 0 atom stereocenters. The van der Waals surface area contributed by atoms with Gasteiger partial charge in [-0.25, -0.2) is 0 Å². The van der Waals surface area contributed by atoms with Crippen LogP contribution >= 0.6 is 0 Å². The quantitative estimate of drug-likeness (QED) is 0.486. The third-order valence-electron chi connectivity index (χ3n) is 4.44. The van der Waals surface area contributed by atoms with Gasteiger partial charge in [0.05, 0.1) is 0 Å². The molecule has 2 heteroatoms. The van der Waals surface area contributed by atoms with Crippen LogP contribution in [0.5, 0.6) is 0 Å². The lowest BCUT2D eigenvalue weighted by atomic mass is 9.89. The fourth-order valence-electron chi connectivity index (χ4n) is 3.23. The van der Waals surface area contributed by atoms with E-state index in [4.69, 9.17) is 0 Å². The molecule has 0 fully saturated rings. The van der Waals surface area contributed by atoms with Crippen LogP contribution in [0.2, 0.25) is 0 Å². The van der Waals surface area contributed by atoms with Crippen molar-refractivity contribution in [3.8, 4) is 0 Å². The number of fused-ring (bicyclic) bond motifs is 2. The van der Waals surface area contributed by atoms with E-state index in [0.717, 1.165) is 28.1 Å². The van der Waals surface area contributed by atoms with E-state index in [1.165, 1.54) is 0 Å². The lowest BCUT2D eigenvalue weighted by molar-refractivity contribution is 0.104. The molecule has 2 nitrogen and oxygen atoms in total. The molecule has 0 N–H and O–H groups in total. The fourth-order valence-corrected chi connectivity index (χ4v) is 3.23. The van der Waals surface area contributed by atoms with E-state index in [9.17, 15) is 4.79 Å². The third kappa shape index (κ3) is 2.33. The van der Waals surface area contributed by atoms with E-state index < -0.39 is 0 Å². The molecule has 1 aliphatic rings. The number of nitrogens with zero attached hydrogens (tertiary/aromatic N) is 1. The molecular weight excluding hydrogens is 294 g/mol. The summed E-state index contributed by atoms with van der Waals surface area (Å²) >= 11 is 0. The maximum Gasteiger partial charge on any atom is 0.186 e. The van der Waals surface area contributed by atoms with Crippen LogP contribution in [-0.4, -0.2) is 12.8 Å². The minimum atomic E-state index is 0.0276. The molecule has 116 valence electrons. The molecule has 3 aromatic rings. The first-order valence-corrected chi connectivity index (χ1v) is 7.99. The number of hydrogen-bond donors (Lipinski definition) is 0. The van der Waals surface area contributed by atoms with Gasteiger partial charge in [-0.2, -0.15) is 0 Å². The van der Waals surface area contributed by atoms with Crippen molar-refractivity contribution < 1.29 is 4.79 Å². The molecule has 0 amide bonds. The predicted molar refractivity (Wildman–Crippen MR) is 98.8 cm³/mol. The van der Waals surface area contributed by atoms with E-state index in [1.807, 2.05) is 54.6 Å². The van der Waals surface area contributed by atoms with Crippen molar-refractivity contribution in [2.75, 3.05) is 11.9 Å². The molecule has 0 aromatic heterocycles. The Morgan fingerprint density at radius 1 is 0.750 bits per heavy atom. The van der Waals surface area contributed by atoms with E-state index in [-0.39, 0.29) is 5.78 Å². The summed E-state index contributed by atoms with van der Waals surface area (Å²) in [4.78, 5) is 14.9. The van der Waals surface area contributed by atoms with Crippen molar-refractivity contribution in [1.82, 2.24) is 0 Å². The summed E-state index contributed by atoms with van der Waals surface area (Å²) in [5, 5.41) is 0. The van der Waals surface area contributed by atoms with Crippen LogP contribution in [0.1, 0.15) is 21.5 Å². The predicted octanol–water partition coefficient (Wildman–Crippen LogP) is 5.08. The van der Waals surface area contributed by atoms with Crippen molar-refractivity contribution in [1.29, 1.82) is 0 Å². The zero-order chi connectivity index (χ0) is 16.5. The topological polar surface area (TPSA) is 20.3 Å². The Bertz CT molecular complexity index is 891. The standard InChI is InChI=1S/C22H17NO/c1-23-20-13-7-5-11-17(20)19(18-12-6-8-14-21(18)23)15-22(24)16-9-3-2-4-10-16/h2-15H,1H3. The average Bonchev–Trinajstić information content (AvgIpc) is 2.65. The van der Waals surface area contributed by atoms with Gasteiger partial charge in [0, 0.05) is 35.1 Å². The summed E-state index contributed by atoms with van der Waals surface area (Å²) in [5.41, 5.74) is 6.09. The molecule has 0 aliphatic carbocycles. The zero-order valence-corrected chi connectivity index (χ0v) is 13.4. The van der Waals surface area contributed by atoms with Gasteiger partial charge >= 0.3 is 0 Å². The minimum Gasteiger partial charge on any atom is -0.344 e. The zero-order valence-electron chi connectivity index (χ0n) is 13.4. The molecule has 0 bridgehead atoms. The molecule has 0 radical (unpaired) electrons. The number of para-hydroxylation sites is 2. The summed E-state index contributed by atoms with van der Waals surface area (Å²) in [6.45, 7) is 0. The number of benzene rings is 3. The number of anilines is 2. The summed E-state index contributed by atoms with van der Waals surface area (Å²) in [5.74, 6) is 0.0276. The first kappa shape index (κ1) is 14.5. The molecule has 4 rings (SSSR count). The molecule has 24 heavy (non-hydrogen) atoms. The number of allylic oxidation sites excluding steroid dienone is 1. The first-order chi connectivity index (χ1) is 11.8. The summed E-state index contributed by atoms with van der Waals surface area (Å²) in [6, 6.07) is 25.8. The van der Waals surface area contributed by atoms with Crippen LogP contribution in [0, 0.1) is 0 Å². The van der Waals surface area contributed by atoms with Crippen LogP contribution in [0.15, 0.2) is 84.9 Å². The second-order valence-corrected chi connectivity index (χ2v) is 5.88. The highest BCUT2D eigenvalue weighted by atomic mass is 16.1. The molecule has 0 spiro atoms. The molecule has 0 saturated heterocycles. The normalized spacial score (nSPS) is 12.4. The van der Waals surface area contributed by atoms with Crippen molar-refractivity contribution in [3.05, 3.63) is 102 Å². The Labute approximate surface area is 141 Å². The van der Waals surface area contributed by atoms with Crippen molar-refractivity contribution >= 4 is 22.7 Å². The molecule has 0 saturated carbocycles. The van der Waals surface area contributed by atoms with Crippen LogP contribution < -0.4 is 4.90 Å². The van der Waals surface area contributed by atoms with Crippen LogP contribution in [0.4, 0.5) is 11.4 Å². The van der Waals surface area contributed by atoms with Gasteiger partial charge in [0.15, 0.2) is 5.78 Å². The lowest BCUT2D eigenvalue weighted by Gasteiger charge is -2.31. The van der Waals surface area contributed by atoms with E-state index in [2.05, 4.69) is 36.2 Å². The molecule has 0 unspecified atom stereocenters. The van der Waals surface area contributed by atoms with Crippen LogP contribution in [0.25, 0.3) is 5.57 Å². The number of carbonyl (C=O) groups is 1. The SMILES string of the molecule is CN1c2ccccc2C(=CC(=O)c2ccccc2)c2ccccc21. The van der Waals surface area contributed by atoms with Crippen molar-refractivity contribution in [3.63, 3.8) is 0 Å². The summed E-state index contributed by atoms with van der Waals surface area (Å²) < 4.78 is 0. The summed E-state index contributed by atoms with van der Waals surface area (Å²) in [6.07, 6.45) is 1.76. The van der Waals surface area contributed by atoms with Gasteiger partial charge in [-0.15, -0.1) is 0 Å². The molecular formula is C22H17NO. The first-order valence-electron chi connectivity index (χ1n) is 7.99. The van der Waals surface area contributed by atoms with Crippen LogP contribution in [0.3, 0.4) is 0 Å². The van der Waals surface area contributed by atoms with Crippen molar-refractivity contribution in [2.24, 2.45) is 0 Å². The Morgan fingerprint density at radius 3 is 1.83 bits per heavy atom. The van der Waals surface area contributed by atoms with Crippen molar-refractivity contribution in [2.45, 2.75) is 0 Å². The van der Waals surface area contributed by atoms with E-state index in [1.54, 1.807) is 6.08 Å². The lowest BCUT2D eigenvalue weighted by Crippen LogP contribution is -2.18. The molecule has 1 aliphatic heterocycles. The third-order valence-corrected chi connectivity index (χ3v) is 4.44. The largest absolute Gasteiger partial charge is 0.344 e. The fraction of sp³-hybridized carbons (Fsp3) is 0.0455. The van der Waals surface area contributed by atoms with Gasteiger partial charge in [-0.05, 0) is 23.8 Å². The van der Waals surface area contributed by atoms with Crippen LogP contribution in [-0.2, 0) is 0 Å². The second kappa shape index (κ2) is 5.82. The highest BCUT2D eigenvalue weighted by molar-refractivity contribution is 6.13. The highest BCUT2D eigenvalue weighted by Gasteiger charge is 2.24. The number of carbonyl (C=O) groups excluding carboxylic acids is 1. The molecule has 3 aromatic carbocycles. The van der Waals surface area contributed by atoms with Gasteiger partial charge in [-0.3, -0.25) is 4.79 Å². The Morgan fingerprint density at radius 2 is 1.25 bits per heavy atom. The van der Waals surface area contributed by atoms with Gasteiger partial charge in [-0.1, -0.05) is 66.7 Å².